The van der Waals surface area contributed by atoms with E-state index in [1.54, 1.807) is 37.3 Å². The second kappa shape index (κ2) is 8.64. The number of carbonyl (C=O) groups is 1. The van der Waals surface area contributed by atoms with Gasteiger partial charge >= 0.3 is 12.2 Å². The van der Waals surface area contributed by atoms with Crippen LogP contribution in [-0.4, -0.2) is 14.8 Å². The Labute approximate surface area is 189 Å². The second-order valence-electron chi connectivity index (χ2n) is 6.77. The molecule has 4 aromatic rings. The molecule has 0 radical (unpaired) electrons. The van der Waals surface area contributed by atoms with E-state index in [1.807, 2.05) is 6.07 Å². The van der Waals surface area contributed by atoms with Gasteiger partial charge in [-0.3, -0.25) is 0 Å². The summed E-state index contributed by atoms with van der Waals surface area (Å²) in [5.41, 5.74) is 1.62. The monoisotopic (exact) mass is 478 g/mol. The minimum atomic E-state index is -4.63. The molecule has 0 atom stereocenters. The van der Waals surface area contributed by atoms with Gasteiger partial charge in [-0.1, -0.05) is 11.6 Å². The van der Waals surface area contributed by atoms with Crippen molar-refractivity contribution in [2.45, 2.75) is 13.1 Å². The zero-order chi connectivity index (χ0) is 22.9. The fraction of sp³-hybridized carbons (Fsp3) is 0.0952. The zero-order valence-corrected chi connectivity index (χ0v) is 17.9. The third kappa shape index (κ3) is 4.92. The molecule has 6 nitrogen and oxygen atoms in total. The van der Waals surface area contributed by atoms with Crippen LogP contribution in [0.4, 0.5) is 29.3 Å². The van der Waals surface area contributed by atoms with Crippen LogP contribution in [-0.2, 0) is 6.18 Å². The van der Waals surface area contributed by atoms with E-state index >= 15 is 0 Å². The largest absolute Gasteiger partial charge is 0.457 e. The number of aromatic nitrogens is 2. The van der Waals surface area contributed by atoms with Gasteiger partial charge in [0.2, 0.25) is 0 Å². The third-order valence-electron chi connectivity index (χ3n) is 4.44. The summed E-state index contributed by atoms with van der Waals surface area (Å²) < 4.78 is 53.1. The van der Waals surface area contributed by atoms with E-state index in [0.717, 1.165) is 34.9 Å². The fourth-order valence-corrected chi connectivity index (χ4v) is 3.65. The van der Waals surface area contributed by atoms with E-state index in [-0.39, 0.29) is 5.69 Å². The molecule has 11 heteroatoms. The molecule has 0 aliphatic carbocycles. The van der Waals surface area contributed by atoms with Crippen molar-refractivity contribution >= 4 is 51.8 Å². The number of halogens is 4. The SMILES string of the molecule is Cc1cc(Oc2ccc3nsnc3c2)ccc1NC(=O)Nc1ccc(Cl)c(C(F)(F)F)c1. The third-order valence-corrected chi connectivity index (χ3v) is 5.32. The van der Waals surface area contributed by atoms with Crippen molar-refractivity contribution in [2.24, 2.45) is 0 Å². The van der Waals surface area contributed by atoms with Crippen LogP contribution in [0.2, 0.25) is 5.02 Å². The first-order chi connectivity index (χ1) is 15.2. The van der Waals surface area contributed by atoms with Crippen LogP contribution in [0.15, 0.2) is 54.6 Å². The highest BCUT2D eigenvalue weighted by atomic mass is 35.5. The van der Waals surface area contributed by atoms with Gasteiger partial charge in [0.25, 0.3) is 0 Å². The fourth-order valence-electron chi connectivity index (χ4n) is 2.91. The first-order valence-electron chi connectivity index (χ1n) is 9.14. The molecule has 0 saturated heterocycles. The van der Waals surface area contributed by atoms with Crippen LogP contribution in [0, 0.1) is 6.92 Å². The number of aryl methyl sites for hydroxylation is 1. The number of ether oxygens (including phenoxy) is 1. The van der Waals surface area contributed by atoms with Crippen LogP contribution >= 0.6 is 23.3 Å². The topological polar surface area (TPSA) is 76.1 Å². The Hall–Kier alpha value is -3.37. The summed E-state index contributed by atoms with van der Waals surface area (Å²) in [7, 11) is 0. The number of amides is 2. The molecule has 0 saturated carbocycles. The normalized spacial score (nSPS) is 11.4. The van der Waals surface area contributed by atoms with Gasteiger partial charge in [-0.15, -0.1) is 0 Å². The van der Waals surface area contributed by atoms with Gasteiger partial charge in [-0.2, -0.15) is 21.9 Å². The standard InChI is InChI=1S/C21H14ClF3N4O2S/c1-11-8-13(31-14-4-7-18-19(10-14)29-32-28-18)3-6-17(11)27-20(30)26-12-2-5-16(22)15(9-12)21(23,24)25/h2-10H,1H3,(H2,26,27,30). The smallest absolute Gasteiger partial charge is 0.417 e. The Balaban J connectivity index is 1.44. The molecule has 1 heterocycles. The molecule has 4 rings (SSSR count). The van der Waals surface area contributed by atoms with E-state index in [0.29, 0.717) is 22.7 Å². The molecule has 32 heavy (non-hydrogen) atoms. The van der Waals surface area contributed by atoms with Crippen molar-refractivity contribution in [1.82, 2.24) is 8.75 Å². The molecular formula is C21H14ClF3N4O2S. The van der Waals surface area contributed by atoms with E-state index in [2.05, 4.69) is 19.4 Å². The van der Waals surface area contributed by atoms with E-state index in [9.17, 15) is 18.0 Å². The number of fused-ring (bicyclic) bond motifs is 1. The quantitative estimate of drug-likeness (QED) is 0.328. The number of alkyl halides is 3. The minimum absolute atomic E-state index is 0.0382. The second-order valence-corrected chi connectivity index (χ2v) is 7.70. The Morgan fingerprint density at radius 3 is 2.44 bits per heavy atom. The summed E-state index contributed by atoms with van der Waals surface area (Å²) in [6, 6.07) is 12.8. The molecule has 0 bridgehead atoms. The summed E-state index contributed by atoms with van der Waals surface area (Å²) in [6.45, 7) is 1.76. The average molecular weight is 479 g/mol. The summed E-state index contributed by atoms with van der Waals surface area (Å²) in [5.74, 6) is 1.13. The van der Waals surface area contributed by atoms with Crippen LogP contribution < -0.4 is 15.4 Å². The predicted molar refractivity (Wildman–Crippen MR) is 118 cm³/mol. The number of nitrogens with zero attached hydrogens (tertiary/aromatic N) is 2. The number of hydrogen-bond donors (Lipinski definition) is 2. The number of anilines is 2. The van der Waals surface area contributed by atoms with Crippen molar-refractivity contribution in [3.8, 4) is 11.5 Å². The van der Waals surface area contributed by atoms with E-state index < -0.39 is 22.8 Å². The molecule has 2 N–H and O–H groups in total. The first kappa shape index (κ1) is 21.8. The van der Waals surface area contributed by atoms with Crippen molar-refractivity contribution in [3.05, 3.63) is 70.7 Å². The van der Waals surface area contributed by atoms with Crippen molar-refractivity contribution < 1.29 is 22.7 Å². The van der Waals surface area contributed by atoms with E-state index in [1.165, 1.54) is 6.07 Å². The molecule has 0 aliphatic heterocycles. The van der Waals surface area contributed by atoms with Crippen LogP contribution in [0.1, 0.15) is 11.1 Å². The average Bonchev–Trinajstić information content (AvgIpc) is 3.18. The van der Waals surface area contributed by atoms with Crippen LogP contribution in [0.25, 0.3) is 11.0 Å². The van der Waals surface area contributed by atoms with Gasteiger partial charge < -0.3 is 15.4 Å². The number of benzene rings is 3. The van der Waals surface area contributed by atoms with Crippen LogP contribution in [0.3, 0.4) is 0 Å². The number of urea groups is 1. The van der Waals surface area contributed by atoms with Crippen LogP contribution in [0.5, 0.6) is 11.5 Å². The van der Waals surface area contributed by atoms with Gasteiger partial charge in [0.1, 0.15) is 22.5 Å². The molecule has 1 aromatic heterocycles. The van der Waals surface area contributed by atoms with Gasteiger partial charge in [-0.25, -0.2) is 4.79 Å². The minimum Gasteiger partial charge on any atom is -0.457 e. The van der Waals surface area contributed by atoms with Crippen molar-refractivity contribution in [3.63, 3.8) is 0 Å². The first-order valence-corrected chi connectivity index (χ1v) is 10.3. The maximum absolute atomic E-state index is 13.0. The Morgan fingerprint density at radius 2 is 1.69 bits per heavy atom. The highest BCUT2D eigenvalue weighted by Crippen LogP contribution is 2.36. The molecule has 3 aromatic carbocycles. The maximum atomic E-state index is 13.0. The van der Waals surface area contributed by atoms with Gasteiger partial charge in [0.15, 0.2) is 0 Å². The number of nitrogens with one attached hydrogen (secondary N) is 2. The van der Waals surface area contributed by atoms with Crippen molar-refractivity contribution in [1.29, 1.82) is 0 Å². The molecule has 2 amide bonds. The highest BCUT2D eigenvalue weighted by molar-refractivity contribution is 7.00. The Kier molecular flexibility index (Phi) is 5.90. The maximum Gasteiger partial charge on any atom is 0.417 e. The van der Waals surface area contributed by atoms with Gasteiger partial charge in [-0.05, 0) is 61.0 Å². The molecular weight excluding hydrogens is 465 g/mol. The molecule has 164 valence electrons. The summed E-state index contributed by atoms with van der Waals surface area (Å²) in [6.07, 6.45) is -4.63. The summed E-state index contributed by atoms with van der Waals surface area (Å²) in [4.78, 5) is 12.3. The summed E-state index contributed by atoms with van der Waals surface area (Å²) >= 11 is 6.71. The van der Waals surface area contributed by atoms with Gasteiger partial charge in [0, 0.05) is 17.4 Å². The highest BCUT2D eigenvalue weighted by Gasteiger charge is 2.33. The number of hydrogen-bond acceptors (Lipinski definition) is 5. The lowest BCUT2D eigenvalue weighted by Crippen LogP contribution is -2.20. The lowest BCUT2D eigenvalue weighted by Gasteiger charge is -2.14. The van der Waals surface area contributed by atoms with Gasteiger partial charge in [0.05, 0.1) is 22.3 Å². The number of rotatable bonds is 4. The summed E-state index contributed by atoms with van der Waals surface area (Å²) in [5, 5.41) is 4.54. The molecule has 0 aliphatic rings. The van der Waals surface area contributed by atoms with E-state index in [4.69, 9.17) is 16.3 Å². The predicted octanol–water partition coefficient (Wildman–Crippen LogP) is 7.11. The Morgan fingerprint density at radius 1 is 0.969 bits per heavy atom. The Bertz CT molecular complexity index is 1310. The lowest BCUT2D eigenvalue weighted by molar-refractivity contribution is -0.137. The molecule has 0 spiro atoms. The molecule has 0 unspecified atom stereocenters. The molecule has 0 fully saturated rings. The van der Waals surface area contributed by atoms with Crippen molar-refractivity contribution in [2.75, 3.05) is 10.6 Å². The lowest BCUT2D eigenvalue weighted by atomic mass is 10.2. The zero-order valence-electron chi connectivity index (χ0n) is 16.3. The number of carbonyl (C=O) groups excluding carboxylic acids is 1.